The van der Waals surface area contributed by atoms with E-state index in [4.69, 9.17) is 0 Å². The van der Waals surface area contributed by atoms with Crippen LogP contribution >= 0.6 is 0 Å². The molecule has 0 radical (unpaired) electrons. The van der Waals surface area contributed by atoms with Crippen molar-refractivity contribution >= 4 is 22.7 Å². The molecule has 1 saturated heterocycles. The predicted molar refractivity (Wildman–Crippen MR) is 99.2 cm³/mol. The fourth-order valence-electron chi connectivity index (χ4n) is 3.45. The number of aryl methyl sites for hydroxylation is 2. The number of fused-ring (bicyclic) bond motifs is 1. The van der Waals surface area contributed by atoms with E-state index in [2.05, 4.69) is 35.1 Å². The van der Waals surface area contributed by atoms with Gasteiger partial charge in [0.1, 0.15) is 29.2 Å². The van der Waals surface area contributed by atoms with Crippen LogP contribution in [0.3, 0.4) is 0 Å². The van der Waals surface area contributed by atoms with Gasteiger partial charge in [-0.1, -0.05) is 0 Å². The van der Waals surface area contributed by atoms with Crippen LogP contribution in [0.15, 0.2) is 24.7 Å². The van der Waals surface area contributed by atoms with Gasteiger partial charge in [-0.2, -0.15) is 0 Å². The molecule has 2 N–H and O–H groups in total. The molecular formula is C18H22FN7. The van der Waals surface area contributed by atoms with Gasteiger partial charge in [-0.25, -0.2) is 24.3 Å². The lowest BCUT2D eigenvalue weighted by atomic mass is 9.93. The first kappa shape index (κ1) is 16.7. The number of piperidine rings is 1. The number of hydrogen-bond acceptors (Lipinski definition) is 6. The molecular weight excluding hydrogens is 333 g/mol. The maximum Gasteiger partial charge on any atom is 0.156 e. The Morgan fingerprint density at radius 3 is 2.81 bits per heavy atom. The van der Waals surface area contributed by atoms with Crippen molar-refractivity contribution in [3.63, 3.8) is 0 Å². The van der Waals surface area contributed by atoms with Gasteiger partial charge in [-0.05, 0) is 19.9 Å². The molecule has 3 aromatic heterocycles. The van der Waals surface area contributed by atoms with E-state index in [-0.39, 0.29) is 6.54 Å². The molecule has 3 aromatic rings. The van der Waals surface area contributed by atoms with Gasteiger partial charge in [0.2, 0.25) is 0 Å². The molecule has 1 fully saturated rings. The highest BCUT2D eigenvalue weighted by Crippen LogP contribution is 2.31. The molecule has 0 saturated carbocycles. The summed E-state index contributed by atoms with van der Waals surface area (Å²) in [4.78, 5) is 22.5. The van der Waals surface area contributed by atoms with Gasteiger partial charge < -0.3 is 15.2 Å². The standard InChI is InChI=1S/C18H22FN7/c1-12-9-15(25-13(2)24-12)21-10-18(19)4-7-26(8-5-18)17-16-14(3-6-20-16)22-11-23-17/h3,6,9,11,20H,4-5,7-8,10H2,1-2H3,(H,21,24,25). The zero-order valence-corrected chi connectivity index (χ0v) is 15.0. The van der Waals surface area contributed by atoms with Crippen LogP contribution < -0.4 is 10.2 Å². The molecule has 0 atom stereocenters. The number of rotatable bonds is 4. The predicted octanol–water partition coefficient (Wildman–Crippen LogP) is 2.79. The van der Waals surface area contributed by atoms with Crippen molar-refractivity contribution in [2.24, 2.45) is 0 Å². The van der Waals surface area contributed by atoms with Crippen molar-refractivity contribution in [1.82, 2.24) is 24.9 Å². The summed E-state index contributed by atoms with van der Waals surface area (Å²) < 4.78 is 15.2. The summed E-state index contributed by atoms with van der Waals surface area (Å²) >= 11 is 0. The SMILES string of the molecule is Cc1cc(NCC2(F)CCN(c3ncnc4cc[nH]c34)CC2)nc(C)n1. The zero-order chi connectivity index (χ0) is 18.1. The second kappa shape index (κ2) is 6.51. The van der Waals surface area contributed by atoms with Crippen molar-refractivity contribution in [2.45, 2.75) is 32.4 Å². The fourth-order valence-corrected chi connectivity index (χ4v) is 3.45. The van der Waals surface area contributed by atoms with E-state index < -0.39 is 5.67 Å². The summed E-state index contributed by atoms with van der Waals surface area (Å²) in [6.07, 6.45) is 4.29. The van der Waals surface area contributed by atoms with Crippen LogP contribution in [0.4, 0.5) is 16.0 Å². The molecule has 4 rings (SSSR count). The Kier molecular flexibility index (Phi) is 4.18. The summed E-state index contributed by atoms with van der Waals surface area (Å²) in [5, 5.41) is 3.14. The quantitative estimate of drug-likeness (QED) is 0.749. The number of alkyl halides is 1. The highest BCUT2D eigenvalue weighted by molar-refractivity contribution is 5.85. The van der Waals surface area contributed by atoms with E-state index in [0.29, 0.717) is 37.6 Å². The molecule has 1 aliphatic heterocycles. The van der Waals surface area contributed by atoms with Crippen molar-refractivity contribution in [1.29, 1.82) is 0 Å². The number of nitrogens with one attached hydrogen (secondary N) is 2. The summed E-state index contributed by atoms with van der Waals surface area (Å²) in [6, 6.07) is 3.76. The number of H-pyrrole nitrogens is 1. The Bertz CT molecular complexity index is 895. The van der Waals surface area contributed by atoms with E-state index in [1.165, 1.54) is 0 Å². The number of halogens is 1. The molecule has 0 amide bonds. The molecule has 136 valence electrons. The molecule has 0 aromatic carbocycles. The van der Waals surface area contributed by atoms with E-state index in [1.54, 1.807) is 6.33 Å². The Hall–Kier alpha value is -2.77. The first-order chi connectivity index (χ1) is 12.5. The minimum absolute atomic E-state index is 0.248. The summed E-state index contributed by atoms with van der Waals surface area (Å²) in [6.45, 7) is 5.23. The molecule has 0 aliphatic carbocycles. The van der Waals surface area contributed by atoms with Gasteiger partial charge in [-0.3, -0.25) is 0 Å². The van der Waals surface area contributed by atoms with Crippen LogP contribution in [0.25, 0.3) is 11.0 Å². The lowest BCUT2D eigenvalue weighted by Gasteiger charge is -2.37. The summed E-state index contributed by atoms with van der Waals surface area (Å²) in [5.74, 6) is 2.21. The van der Waals surface area contributed by atoms with E-state index in [1.807, 2.05) is 32.2 Å². The van der Waals surface area contributed by atoms with E-state index >= 15 is 4.39 Å². The topological polar surface area (TPSA) is 82.6 Å². The molecule has 0 spiro atoms. The van der Waals surface area contributed by atoms with Gasteiger partial charge in [-0.15, -0.1) is 0 Å². The molecule has 8 heteroatoms. The number of nitrogens with zero attached hydrogens (tertiary/aromatic N) is 5. The van der Waals surface area contributed by atoms with Crippen molar-refractivity contribution in [3.8, 4) is 0 Å². The molecule has 7 nitrogen and oxygen atoms in total. The van der Waals surface area contributed by atoms with Crippen LogP contribution in [0.1, 0.15) is 24.4 Å². The van der Waals surface area contributed by atoms with Gasteiger partial charge in [0.15, 0.2) is 5.82 Å². The van der Waals surface area contributed by atoms with Crippen LogP contribution in [0, 0.1) is 13.8 Å². The first-order valence-corrected chi connectivity index (χ1v) is 8.81. The third kappa shape index (κ3) is 3.31. The average Bonchev–Trinajstić information content (AvgIpc) is 3.09. The smallest absolute Gasteiger partial charge is 0.156 e. The van der Waals surface area contributed by atoms with Gasteiger partial charge in [0.25, 0.3) is 0 Å². The van der Waals surface area contributed by atoms with E-state index in [0.717, 1.165) is 22.5 Å². The van der Waals surface area contributed by atoms with Crippen LogP contribution in [-0.4, -0.2) is 50.2 Å². The second-order valence-electron chi connectivity index (χ2n) is 6.87. The number of hydrogen-bond donors (Lipinski definition) is 2. The van der Waals surface area contributed by atoms with Crippen molar-refractivity contribution in [2.75, 3.05) is 29.9 Å². The van der Waals surface area contributed by atoms with Crippen LogP contribution in [0.2, 0.25) is 0 Å². The lowest BCUT2D eigenvalue weighted by Crippen LogP contribution is -2.46. The third-order valence-electron chi connectivity index (χ3n) is 4.84. The monoisotopic (exact) mass is 355 g/mol. The number of aromatic nitrogens is 5. The third-order valence-corrected chi connectivity index (χ3v) is 4.84. The maximum atomic E-state index is 15.2. The normalized spacial score (nSPS) is 16.8. The fraction of sp³-hybridized carbons (Fsp3) is 0.444. The van der Waals surface area contributed by atoms with Crippen molar-refractivity contribution < 1.29 is 4.39 Å². The summed E-state index contributed by atoms with van der Waals surface area (Å²) in [7, 11) is 0. The van der Waals surface area contributed by atoms with Crippen molar-refractivity contribution in [3.05, 3.63) is 36.2 Å². The highest BCUT2D eigenvalue weighted by atomic mass is 19.1. The minimum Gasteiger partial charge on any atom is -0.367 e. The molecule has 0 unspecified atom stereocenters. The van der Waals surface area contributed by atoms with Gasteiger partial charge >= 0.3 is 0 Å². The molecule has 26 heavy (non-hydrogen) atoms. The Morgan fingerprint density at radius 1 is 1.23 bits per heavy atom. The van der Waals surface area contributed by atoms with Gasteiger partial charge in [0, 0.05) is 43.9 Å². The second-order valence-corrected chi connectivity index (χ2v) is 6.87. The average molecular weight is 355 g/mol. The molecule has 4 heterocycles. The molecule has 1 aliphatic rings. The minimum atomic E-state index is -1.26. The maximum absolute atomic E-state index is 15.2. The Labute approximate surface area is 151 Å². The number of aromatic amines is 1. The largest absolute Gasteiger partial charge is 0.367 e. The Balaban J connectivity index is 1.41. The zero-order valence-electron chi connectivity index (χ0n) is 15.0. The first-order valence-electron chi connectivity index (χ1n) is 8.81. The highest BCUT2D eigenvalue weighted by Gasteiger charge is 2.35. The van der Waals surface area contributed by atoms with Crippen LogP contribution in [-0.2, 0) is 0 Å². The van der Waals surface area contributed by atoms with E-state index in [9.17, 15) is 0 Å². The van der Waals surface area contributed by atoms with Crippen LogP contribution in [0.5, 0.6) is 0 Å². The van der Waals surface area contributed by atoms with Gasteiger partial charge in [0.05, 0.1) is 12.1 Å². The summed E-state index contributed by atoms with van der Waals surface area (Å²) in [5.41, 5.74) is 1.40. The molecule has 0 bridgehead atoms. The number of anilines is 2. The Morgan fingerprint density at radius 2 is 2.04 bits per heavy atom. The lowest BCUT2D eigenvalue weighted by molar-refractivity contribution is 0.140.